The van der Waals surface area contributed by atoms with E-state index in [1.54, 1.807) is 30.3 Å². The van der Waals surface area contributed by atoms with Gasteiger partial charge in [0.2, 0.25) is 0 Å². The van der Waals surface area contributed by atoms with Gasteiger partial charge in [0.1, 0.15) is 11.4 Å². The van der Waals surface area contributed by atoms with Gasteiger partial charge in [0, 0.05) is 23.2 Å². The van der Waals surface area contributed by atoms with Gasteiger partial charge in [-0.3, -0.25) is 4.79 Å². The van der Waals surface area contributed by atoms with Crippen LogP contribution in [0.3, 0.4) is 0 Å². The first-order chi connectivity index (χ1) is 11.4. The molecule has 0 bridgehead atoms. The number of anilines is 1. The smallest absolute Gasteiger partial charge is 0.251 e. The number of carbonyl (C=O) groups excluding carboxylic acids is 1. The predicted octanol–water partition coefficient (Wildman–Crippen LogP) is 3.59. The van der Waals surface area contributed by atoms with Gasteiger partial charge in [-0.05, 0) is 56.3 Å². The van der Waals surface area contributed by atoms with Crippen molar-refractivity contribution in [3.05, 3.63) is 59.2 Å². The molecule has 1 aliphatic heterocycles. The Bertz CT molecular complexity index is 826. The lowest BCUT2D eigenvalue weighted by molar-refractivity contribution is 0.0620. The van der Waals surface area contributed by atoms with Crippen LogP contribution in [0, 0.1) is 11.3 Å². The van der Waals surface area contributed by atoms with Gasteiger partial charge >= 0.3 is 0 Å². The molecule has 1 heterocycles. The molecule has 2 aromatic carbocycles. The Hall–Kier alpha value is -2.71. The van der Waals surface area contributed by atoms with E-state index in [1.807, 2.05) is 32.0 Å². The molecule has 3 rings (SSSR count). The van der Waals surface area contributed by atoms with Crippen LogP contribution in [0.1, 0.15) is 47.8 Å². The Morgan fingerprint density at radius 1 is 1.28 bits per heavy atom. The minimum atomic E-state index is -0.383. The number of hydrogen-bond acceptors (Lipinski definition) is 4. The molecule has 25 heavy (non-hydrogen) atoms. The number of halogens is 1. The van der Waals surface area contributed by atoms with Gasteiger partial charge in [-0.25, -0.2) is 0 Å². The molecule has 1 atom stereocenters. The number of hydrogen-bond donors (Lipinski definition) is 2. The fourth-order valence-electron chi connectivity index (χ4n) is 2.94. The summed E-state index contributed by atoms with van der Waals surface area (Å²) in [4.78, 5) is 12.6. The highest BCUT2D eigenvalue weighted by Crippen LogP contribution is 2.40. The van der Waals surface area contributed by atoms with E-state index in [-0.39, 0.29) is 30.0 Å². The number of carbonyl (C=O) groups is 1. The number of nitrogens with zero attached hydrogens (tertiary/aromatic N) is 1. The van der Waals surface area contributed by atoms with Gasteiger partial charge in [-0.1, -0.05) is 0 Å². The van der Waals surface area contributed by atoms with E-state index < -0.39 is 0 Å². The number of nitrogens with two attached hydrogens (primary N) is 1. The number of amides is 1. The van der Waals surface area contributed by atoms with Crippen LogP contribution in [0.2, 0.25) is 0 Å². The maximum atomic E-state index is 12.6. The molecule has 0 saturated carbocycles. The van der Waals surface area contributed by atoms with Crippen LogP contribution >= 0.6 is 12.4 Å². The average Bonchev–Trinajstić information content (AvgIpc) is 2.55. The van der Waals surface area contributed by atoms with Crippen molar-refractivity contribution >= 4 is 24.0 Å². The quantitative estimate of drug-likeness (QED) is 0.804. The lowest BCUT2D eigenvalue weighted by Gasteiger charge is -2.38. The molecule has 5 nitrogen and oxygen atoms in total. The molecule has 0 saturated heterocycles. The van der Waals surface area contributed by atoms with Gasteiger partial charge in [-0.2, -0.15) is 5.26 Å². The van der Waals surface area contributed by atoms with Crippen LogP contribution in [0.5, 0.6) is 5.75 Å². The van der Waals surface area contributed by atoms with Crippen molar-refractivity contribution in [3.63, 3.8) is 0 Å². The number of nitriles is 1. The van der Waals surface area contributed by atoms with E-state index in [4.69, 9.17) is 15.7 Å². The van der Waals surface area contributed by atoms with Crippen LogP contribution in [0.4, 0.5) is 5.69 Å². The summed E-state index contributed by atoms with van der Waals surface area (Å²) in [7, 11) is 0. The third kappa shape index (κ3) is 4.04. The Morgan fingerprint density at radius 2 is 1.96 bits per heavy atom. The predicted molar refractivity (Wildman–Crippen MR) is 98.8 cm³/mol. The third-order valence-electron chi connectivity index (χ3n) is 4.07. The molecule has 1 amide bonds. The summed E-state index contributed by atoms with van der Waals surface area (Å²) in [6.07, 6.45) is 0.644. The van der Waals surface area contributed by atoms with Crippen LogP contribution in [-0.2, 0) is 0 Å². The van der Waals surface area contributed by atoms with E-state index in [0.717, 1.165) is 11.3 Å². The van der Waals surface area contributed by atoms with Crippen LogP contribution in [-0.4, -0.2) is 11.5 Å². The number of fused-ring (bicyclic) bond motifs is 1. The van der Waals surface area contributed by atoms with Crippen molar-refractivity contribution in [2.24, 2.45) is 0 Å². The maximum absolute atomic E-state index is 12.6. The highest BCUT2D eigenvalue weighted by molar-refractivity contribution is 5.94. The van der Waals surface area contributed by atoms with Crippen LogP contribution in [0.25, 0.3) is 0 Å². The van der Waals surface area contributed by atoms with E-state index in [1.165, 1.54) is 0 Å². The monoisotopic (exact) mass is 357 g/mol. The summed E-state index contributed by atoms with van der Waals surface area (Å²) < 4.78 is 5.98. The number of benzene rings is 2. The zero-order valence-corrected chi connectivity index (χ0v) is 14.9. The summed E-state index contributed by atoms with van der Waals surface area (Å²) >= 11 is 0. The summed E-state index contributed by atoms with van der Waals surface area (Å²) in [5.74, 6) is 0.557. The molecule has 1 unspecified atom stereocenters. The fourth-order valence-corrected chi connectivity index (χ4v) is 2.94. The fraction of sp³-hybridized carbons (Fsp3) is 0.263. The normalized spacial score (nSPS) is 17.2. The standard InChI is InChI=1S/C19H19N3O2.ClH/c1-19(2)10-16(15-9-14(21)7-8-17(15)24-19)22-18(23)13-5-3-12(11-20)4-6-13;/h3-9,16H,10,21H2,1-2H3,(H,22,23);1H. The van der Waals surface area contributed by atoms with Gasteiger partial charge in [-0.15, -0.1) is 12.4 Å². The number of nitrogen functional groups attached to an aromatic ring is 1. The van der Waals surface area contributed by atoms with Crippen LogP contribution in [0.15, 0.2) is 42.5 Å². The van der Waals surface area contributed by atoms with Crippen molar-refractivity contribution in [2.45, 2.75) is 31.9 Å². The summed E-state index contributed by atoms with van der Waals surface area (Å²) in [5.41, 5.74) is 8.07. The lowest BCUT2D eigenvalue weighted by atomic mass is 9.89. The Kier molecular flexibility index (Phi) is 5.24. The van der Waals surface area contributed by atoms with Gasteiger partial charge in [0.25, 0.3) is 5.91 Å². The van der Waals surface area contributed by atoms with E-state index >= 15 is 0 Å². The molecule has 1 aliphatic rings. The van der Waals surface area contributed by atoms with E-state index in [9.17, 15) is 4.79 Å². The van der Waals surface area contributed by atoms with E-state index in [2.05, 4.69) is 5.32 Å². The summed E-state index contributed by atoms with van der Waals surface area (Å²) in [6, 6.07) is 13.9. The van der Waals surface area contributed by atoms with Gasteiger partial charge in [0.05, 0.1) is 17.7 Å². The molecule has 3 N–H and O–H groups in total. The molecular formula is C19H20ClN3O2. The molecule has 0 fully saturated rings. The van der Waals surface area contributed by atoms with Gasteiger partial charge < -0.3 is 15.8 Å². The highest BCUT2D eigenvalue weighted by atomic mass is 35.5. The molecule has 0 aliphatic carbocycles. The topological polar surface area (TPSA) is 88.1 Å². The Balaban J connectivity index is 0.00000225. The van der Waals surface area contributed by atoms with Crippen molar-refractivity contribution in [1.82, 2.24) is 5.32 Å². The minimum Gasteiger partial charge on any atom is -0.487 e. The first-order valence-corrected chi connectivity index (χ1v) is 7.77. The average molecular weight is 358 g/mol. The second-order valence-corrected chi connectivity index (χ2v) is 6.58. The Morgan fingerprint density at radius 3 is 2.60 bits per heavy atom. The molecule has 0 aromatic heterocycles. The van der Waals surface area contributed by atoms with Crippen LogP contribution < -0.4 is 15.8 Å². The zero-order valence-electron chi connectivity index (χ0n) is 14.1. The third-order valence-corrected chi connectivity index (χ3v) is 4.07. The molecule has 0 spiro atoms. The second kappa shape index (κ2) is 7.04. The number of rotatable bonds is 2. The zero-order chi connectivity index (χ0) is 17.3. The number of ether oxygens (including phenoxy) is 1. The van der Waals surface area contributed by atoms with Crippen molar-refractivity contribution in [2.75, 3.05) is 5.73 Å². The summed E-state index contributed by atoms with van der Waals surface area (Å²) in [6.45, 7) is 3.99. The first-order valence-electron chi connectivity index (χ1n) is 7.77. The molecule has 2 aromatic rings. The van der Waals surface area contributed by atoms with Crippen molar-refractivity contribution < 1.29 is 9.53 Å². The molecule has 130 valence electrons. The lowest BCUT2D eigenvalue weighted by Crippen LogP contribution is -2.41. The largest absolute Gasteiger partial charge is 0.487 e. The van der Waals surface area contributed by atoms with Gasteiger partial charge in [0.15, 0.2) is 0 Å². The van der Waals surface area contributed by atoms with E-state index in [0.29, 0.717) is 23.2 Å². The SMILES string of the molecule is CC1(C)CC(NC(=O)c2ccc(C#N)cc2)c2cc(N)ccc2O1.Cl. The maximum Gasteiger partial charge on any atom is 0.251 e. The number of nitrogens with one attached hydrogen (secondary N) is 1. The van der Waals surface area contributed by atoms with Crippen molar-refractivity contribution in [3.8, 4) is 11.8 Å². The summed E-state index contributed by atoms with van der Waals surface area (Å²) in [5, 5.41) is 11.9. The van der Waals surface area contributed by atoms with Crippen molar-refractivity contribution in [1.29, 1.82) is 5.26 Å². The minimum absolute atomic E-state index is 0. The second-order valence-electron chi connectivity index (χ2n) is 6.58. The molecular weight excluding hydrogens is 338 g/mol. The highest BCUT2D eigenvalue weighted by Gasteiger charge is 2.34. The Labute approximate surface area is 153 Å². The molecule has 0 radical (unpaired) electrons. The first kappa shape index (κ1) is 18.6. The molecule has 6 heteroatoms.